The molecule has 6 heteroatoms. The SMILES string of the molecule is Cc1ccoc1C(=O)N[C@H](C)c1ccc2c(c1)NC(=O)CO2. The molecule has 0 saturated carbocycles. The van der Waals surface area contributed by atoms with Crippen molar-refractivity contribution in [1.29, 1.82) is 0 Å². The maximum atomic E-state index is 12.2. The lowest BCUT2D eigenvalue weighted by atomic mass is 10.1. The number of furan rings is 1. The lowest BCUT2D eigenvalue weighted by molar-refractivity contribution is -0.118. The molecule has 2 heterocycles. The summed E-state index contributed by atoms with van der Waals surface area (Å²) in [7, 11) is 0. The van der Waals surface area contributed by atoms with E-state index in [1.165, 1.54) is 6.26 Å². The van der Waals surface area contributed by atoms with E-state index in [9.17, 15) is 9.59 Å². The highest BCUT2D eigenvalue weighted by molar-refractivity contribution is 5.95. The summed E-state index contributed by atoms with van der Waals surface area (Å²) in [6, 6.07) is 6.94. The zero-order valence-corrected chi connectivity index (χ0v) is 12.3. The Morgan fingerprint density at radius 1 is 1.36 bits per heavy atom. The number of hydrogen-bond donors (Lipinski definition) is 2. The van der Waals surface area contributed by atoms with Crippen LogP contribution in [0.1, 0.15) is 34.6 Å². The quantitative estimate of drug-likeness (QED) is 0.912. The molecule has 114 valence electrons. The molecular weight excluding hydrogens is 284 g/mol. The Bertz CT molecular complexity index is 735. The van der Waals surface area contributed by atoms with Crippen molar-refractivity contribution in [3.63, 3.8) is 0 Å². The van der Waals surface area contributed by atoms with E-state index < -0.39 is 0 Å². The van der Waals surface area contributed by atoms with Crippen molar-refractivity contribution in [2.75, 3.05) is 11.9 Å². The van der Waals surface area contributed by atoms with Gasteiger partial charge in [-0.05, 0) is 37.6 Å². The number of nitrogens with one attached hydrogen (secondary N) is 2. The van der Waals surface area contributed by atoms with Crippen LogP contribution in [0.4, 0.5) is 5.69 Å². The van der Waals surface area contributed by atoms with Crippen molar-refractivity contribution in [1.82, 2.24) is 5.32 Å². The number of aryl methyl sites for hydroxylation is 1. The van der Waals surface area contributed by atoms with Crippen LogP contribution in [0.2, 0.25) is 0 Å². The van der Waals surface area contributed by atoms with Crippen LogP contribution in [0, 0.1) is 6.92 Å². The lowest BCUT2D eigenvalue weighted by Crippen LogP contribution is -2.28. The van der Waals surface area contributed by atoms with Crippen LogP contribution < -0.4 is 15.4 Å². The molecular formula is C16H16N2O4. The Balaban J connectivity index is 1.76. The summed E-state index contributed by atoms with van der Waals surface area (Å²) in [5, 5.41) is 5.62. The van der Waals surface area contributed by atoms with Crippen molar-refractivity contribution < 1.29 is 18.7 Å². The van der Waals surface area contributed by atoms with Crippen molar-refractivity contribution in [3.05, 3.63) is 47.4 Å². The first kappa shape index (κ1) is 14.2. The topological polar surface area (TPSA) is 80.6 Å². The van der Waals surface area contributed by atoms with E-state index in [-0.39, 0.29) is 24.5 Å². The van der Waals surface area contributed by atoms with Gasteiger partial charge in [0.25, 0.3) is 11.8 Å². The van der Waals surface area contributed by atoms with Crippen LogP contribution in [-0.2, 0) is 4.79 Å². The Morgan fingerprint density at radius 3 is 2.91 bits per heavy atom. The minimum absolute atomic E-state index is 0.0242. The second-order valence-corrected chi connectivity index (χ2v) is 5.22. The van der Waals surface area contributed by atoms with E-state index in [0.29, 0.717) is 17.2 Å². The summed E-state index contributed by atoms with van der Waals surface area (Å²) in [5.74, 6) is 0.478. The van der Waals surface area contributed by atoms with Gasteiger partial charge in [-0.15, -0.1) is 0 Å². The molecule has 2 N–H and O–H groups in total. The molecule has 0 radical (unpaired) electrons. The van der Waals surface area contributed by atoms with Crippen molar-refractivity contribution in [2.24, 2.45) is 0 Å². The summed E-state index contributed by atoms with van der Waals surface area (Å²) in [6.45, 7) is 3.70. The molecule has 1 aromatic heterocycles. The molecule has 1 aliphatic rings. The van der Waals surface area contributed by atoms with Gasteiger partial charge in [0.1, 0.15) is 5.75 Å². The number of rotatable bonds is 3. The summed E-state index contributed by atoms with van der Waals surface area (Å²) in [4.78, 5) is 23.5. The second-order valence-electron chi connectivity index (χ2n) is 5.22. The standard InChI is InChI=1S/C16H16N2O4/c1-9-5-6-21-15(9)16(20)17-10(2)11-3-4-13-12(7-11)18-14(19)8-22-13/h3-7,10H,8H2,1-2H3,(H,17,20)(H,18,19)/t10-/m1/s1. The molecule has 0 aliphatic carbocycles. The van der Waals surface area contributed by atoms with E-state index in [1.54, 1.807) is 18.2 Å². The molecule has 0 saturated heterocycles. The van der Waals surface area contributed by atoms with Crippen LogP contribution in [0.15, 0.2) is 34.9 Å². The monoisotopic (exact) mass is 300 g/mol. The molecule has 6 nitrogen and oxygen atoms in total. The van der Waals surface area contributed by atoms with Crippen LogP contribution >= 0.6 is 0 Å². The maximum absolute atomic E-state index is 12.2. The van der Waals surface area contributed by atoms with E-state index in [0.717, 1.165) is 11.1 Å². The molecule has 22 heavy (non-hydrogen) atoms. The summed E-state index contributed by atoms with van der Waals surface area (Å²) >= 11 is 0. The van der Waals surface area contributed by atoms with Gasteiger partial charge in [-0.25, -0.2) is 0 Å². The second kappa shape index (κ2) is 5.55. The molecule has 0 fully saturated rings. The fraction of sp³-hybridized carbons (Fsp3) is 0.250. The first-order valence-corrected chi connectivity index (χ1v) is 6.96. The Labute approximate surface area is 127 Å². The highest BCUT2D eigenvalue weighted by atomic mass is 16.5. The molecule has 0 spiro atoms. The molecule has 2 amide bonds. The van der Waals surface area contributed by atoms with Gasteiger partial charge in [-0.1, -0.05) is 6.07 Å². The number of carbonyl (C=O) groups excluding carboxylic acids is 2. The van der Waals surface area contributed by atoms with Crippen molar-refractivity contribution in [2.45, 2.75) is 19.9 Å². The molecule has 0 unspecified atom stereocenters. The van der Waals surface area contributed by atoms with Gasteiger partial charge < -0.3 is 19.8 Å². The number of anilines is 1. The van der Waals surface area contributed by atoms with Gasteiger partial charge >= 0.3 is 0 Å². The van der Waals surface area contributed by atoms with Gasteiger partial charge in [0.05, 0.1) is 18.0 Å². The zero-order valence-electron chi connectivity index (χ0n) is 12.3. The number of amides is 2. The molecule has 1 aliphatic heterocycles. The van der Waals surface area contributed by atoms with Gasteiger partial charge in [0, 0.05) is 5.56 Å². The van der Waals surface area contributed by atoms with Crippen LogP contribution in [0.5, 0.6) is 5.75 Å². The van der Waals surface area contributed by atoms with E-state index in [1.807, 2.05) is 19.9 Å². The van der Waals surface area contributed by atoms with Gasteiger partial charge in [-0.3, -0.25) is 9.59 Å². The maximum Gasteiger partial charge on any atom is 0.287 e. The predicted octanol–water partition coefficient (Wildman–Crippen LogP) is 2.41. The van der Waals surface area contributed by atoms with Crippen LogP contribution in [0.3, 0.4) is 0 Å². The first-order chi connectivity index (χ1) is 10.5. The van der Waals surface area contributed by atoms with Gasteiger partial charge in [0.15, 0.2) is 12.4 Å². The van der Waals surface area contributed by atoms with Crippen molar-refractivity contribution in [3.8, 4) is 5.75 Å². The third kappa shape index (κ3) is 2.67. The smallest absolute Gasteiger partial charge is 0.287 e. The van der Waals surface area contributed by atoms with Crippen LogP contribution in [-0.4, -0.2) is 18.4 Å². The van der Waals surface area contributed by atoms with Crippen LogP contribution in [0.25, 0.3) is 0 Å². The number of ether oxygens (including phenoxy) is 1. The average Bonchev–Trinajstić information content (AvgIpc) is 2.92. The first-order valence-electron chi connectivity index (χ1n) is 6.96. The third-order valence-corrected chi connectivity index (χ3v) is 3.55. The lowest BCUT2D eigenvalue weighted by Gasteiger charge is -2.20. The Kier molecular flexibility index (Phi) is 3.58. The molecule has 3 rings (SSSR count). The van der Waals surface area contributed by atoms with Gasteiger partial charge in [0.2, 0.25) is 0 Å². The zero-order chi connectivity index (χ0) is 15.7. The molecule has 0 bridgehead atoms. The minimum atomic E-state index is -0.270. The molecule has 1 aromatic carbocycles. The number of benzene rings is 1. The normalized spacial score (nSPS) is 14.5. The fourth-order valence-electron chi connectivity index (χ4n) is 2.32. The Hall–Kier alpha value is -2.76. The van der Waals surface area contributed by atoms with Gasteiger partial charge in [-0.2, -0.15) is 0 Å². The average molecular weight is 300 g/mol. The highest BCUT2D eigenvalue weighted by Gasteiger charge is 2.19. The number of fused-ring (bicyclic) bond motifs is 1. The fourth-order valence-corrected chi connectivity index (χ4v) is 2.32. The largest absolute Gasteiger partial charge is 0.482 e. The molecule has 1 atom stereocenters. The van der Waals surface area contributed by atoms with E-state index in [4.69, 9.17) is 9.15 Å². The summed E-state index contributed by atoms with van der Waals surface area (Å²) < 4.78 is 10.5. The summed E-state index contributed by atoms with van der Waals surface area (Å²) in [6.07, 6.45) is 1.49. The third-order valence-electron chi connectivity index (χ3n) is 3.55. The predicted molar refractivity (Wildman–Crippen MR) is 79.9 cm³/mol. The Morgan fingerprint density at radius 2 is 2.18 bits per heavy atom. The highest BCUT2D eigenvalue weighted by Crippen LogP contribution is 2.30. The number of hydrogen-bond acceptors (Lipinski definition) is 4. The molecule has 2 aromatic rings. The summed E-state index contributed by atoms with van der Waals surface area (Å²) in [5.41, 5.74) is 2.27. The van der Waals surface area contributed by atoms with E-state index in [2.05, 4.69) is 10.6 Å². The van der Waals surface area contributed by atoms with Crippen molar-refractivity contribution >= 4 is 17.5 Å². The number of carbonyl (C=O) groups is 2. The minimum Gasteiger partial charge on any atom is -0.482 e. The van der Waals surface area contributed by atoms with E-state index >= 15 is 0 Å².